The fourth-order valence-electron chi connectivity index (χ4n) is 2.83. The summed E-state index contributed by atoms with van der Waals surface area (Å²) in [4.78, 5) is 21.9. The van der Waals surface area contributed by atoms with Crippen LogP contribution in [0.5, 0.6) is 0 Å². The second kappa shape index (κ2) is 7.94. The van der Waals surface area contributed by atoms with Crippen LogP contribution in [0.3, 0.4) is 0 Å². The lowest BCUT2D eigenvalue weighted by atomic mass is 10.1. The molecule has 0 aliphatic heterocycles. The standard InChI is InChI=1S/C20H24N4O/c1-3-24(4-2)13-16-7-5-15(6-8-16)12-21-20(25)17-9-10-18-19(11-17)23-14-22-18/h5-11,14H,3-4,12-13H2,1-2H3,(H,21,25)(H,22,23). The summed E-state index contributed by atoms with van der Waals surface area (Å²) in [6, 6.07) is 13.9. The minimum atomic E-state index is -0.0799. The van der Waals surface area contributed by atoms with Gasteiger partial charge >= 0.3 is 0 Å². The molecule has 2 N–H and O–H groups in total. The Hall–Kier alpha value is -2.66. The predicted octanol–water partition coefficient (Wildman–Crippen LogP) is 3.33. The number of aromatic nitrogens is 2. The molecular weight excluding hydrogens is 312 g/mol. The highest BCUT2D eigenvalue weighted by atomic mass is 16.1. The first-order chi connectivity index (χ1) is 12.2. The van der Waals surface area contributed by atoms with Gasteiger partial charge in [0.25, 0.3) is 5.91 Å². The smallest absolute Gasteiger partial charge is 0.251 e. The SMILES string of the molecule is CCN(CC)Cc1ccc(CNC(=O)c2ccc3nc[nH]c3c2)cc1. The number of aromatic amines is 1. The summed E-state index contributed by atoms with van der Waals surface area (Å²) in [5, 5.41) is 2.97. The lowest BCUT2D eigenvalue weighted by Gasteiger charge is -2.18. The Morgan fingerprint density at radius 2 is 1.80 bits per heavy atom. The monoisotopic (exact) mass is 336 g/mol. The number of nitrogens with zero attached hydrogens (tertiary/aromatic N) is 2. The normalized spacial score (nSPS) is 11.2. The van der Waals surface area contributed by atoms with Crippen LogP contribution in [0.1, 0.15) is 35.3 Å². The van der Waals surface area contributed by atoms with Crippen LogP contribution in [0.4, 0.5) is 0 Å². The fraction of sp³-hybridized carbons (Fsp3) is 0.300. The zero-order valence-electron chi connectivity index (χ0n) is 14.7. The van der Waals surface area contributed by atoms with Crippen LogP contribution < -0.4 is 5.32 Å². The molecule has 25 heavy (non-hydrogen) atoms. The van der Waals surface area contributed by atoms with Crippen LogP contribution in [0, 0.1) is 0 Å². The first-order valence-corrected chi connectivity index (χ1v) is 8.71. The van der Waals surface area contributed by atoms with Crippen molar-refractivity contribution in [2.24, 2.45) is 0 Å². The van der Waals surface area contributed by atoms with Crippen molar-refractivity contribution >= 4 is 16.9 Å². The summed E-state index contributed by atoms with van der Waals surface area (Å²) < 4.78 is 0. The summed E-state index contributed by atoms with van der Waals surface area (Å²) in [5.74, 6) is -0.0799. The number of carbonyl (C=O) groups is 1. The number of imidazole rings is 1. The molecule has 0 saturated carbocycles. The van der Waals surface area contributed by atoms with Gasteiger partial charge in [0.05, 0.1) is 17.4 Å². The zero-order chi connectivity index (χ0) is 17.6. The molecule has 0 saturated heterocycles. The van der Waals surface area contributed by atoms with E-state index in [1.54, 1.807) is 12.4 Å². The quantitative estimate of drug-likeness (QED) is 0.696. The number of nitrogens with one attached hydrogen (secondary N) is 2. The lowest BCUT2D eigenvalue weighted by Crippen LogP contribution is -2.23. The van der Waals surface area contributed by atoms with E-state index < -0.39 is 0 Å². The van der Waals surface area contributed by atoms with E-state index in [9.17, 15) is 4.79 Å². The van der Waals surface area contributed by atoms with Crippen molar-refractivity contribution in [1.29, 1.82) is 0 Å². The van der Waals surface area contributed by atoms with Gasteiger partial charge in [-0.3, -0.25) is 9.69 Å². The number of hydrogen-bond acceptors (Lipinski definition) is 3. The number of benzene rings is 2. The van der Waals surface area contributed by atoms with E-state index in [0.29, 0.717) is 12.1 Å². The summed E-state index contributed by atoms with van der Waals surface area (Å²) in [6.45, 7) is 7.93. The van der Waals surface area contributed by atoms with Gasteiger partial charge in [-0.15, -0.1) is 0 Å². The second-order valence-corrected chi connectivity index (χ2v) is 6.10. The van der Waals surface area contributed by atoms with E-state index in [-0.39, 0.29) is 5.91 Å². The Kier molecular flexibility index (Phi) is 5.46. The number of hydrogen-bond donors (Lipinski definition) is 2. The second-order valence-electron chi connectivity index (χ2n) is 6.10. The molecule has 0 aliphatic rings. The first-order valence-electron chi connectivity index (χ1n) is 8.71. The third-order valence-corrected chi connectivity index (χ3v) is 4.46. The van der Waals surface area contributed by atoms with E-state index in [0.717, 1.165) is 36.2 Å². The molecule has 1 amide bonds. The molecule has 0 unspecified atom stereocenters. The summed E-state index contributed by atoms with van der Waals surface area (Å²) in [7, 11) is 0. The van der Waals surface area contributed by atoms with Gasteiger partial charge < -0.3 is 10.3 Å². The maximum Gasteiger partial charge on any atom is 0.251 e. The number of rotatable bonds is 7. The van der Waals surface area contributed by atoms with Gasteiger partial charge in [-0.2, -0.15) is 0 Å². The number of carbonyl (C=O) groups excluding carboxylic acids is 1. The van der Waals surface area contributed by atoms with E-state index in [4.69, 9.17) is 0 Å². The van der Waals surface area contributed by atoms with Crippen LogP contribution in [-0.2, 0) is 13.1 Å². The summed E-state index contributed by atoms with van der Waals surface area (Å²) in [5.41, 5.74) is 4.76. The molecule has 3 aromatic rings. The molecule has 3 rings (SSSR count). The summed E-state index contributed by atoms with van der Waals surface area (Å²) >= 11 is 0. The number of amides is 1. The van der Waals surface area contributed by atoms with Crippen molar-refractivity contribution in [3.63, 3.8) is 0 Å². The van der Waals surface area contributed by atoms with Gasteiger partial charge in [0.1, 0.15) is 0 Å². The van der Waals surface area contributed by atoms with Crippen LogP contribution in [-0.4, -0.2) is 33.9 Å². The molecule has 0 bridgehead atoms. The molecule has 0 fully saturated rings. The highest BCUT2D eigenvalue weighted by Crippen LogP contribution is 2.12. The third-order valence-electron chi connectivity index (χ3n) is 4.46. The van der Waals surface area contributed by atoms with Gasteiger partial charge in [-0.25, -0.2) is 4.98 Å². The van der Waals surface area contributed by atoms with Crippen molar-refractivity contribution in [2.75, 3.05) is 13.1 Å². The molecule has 0 spiro atoms. The topological polar surface area (TPSA) is 61.0 Å². The van der Waals surface area contributed by atoms with E-state index in [2.05, 4.69) is 58.3 Å². The van der Waals surface area contributed by atoms with Crippen molar-refractivity contribution in [3.8, 4) is 0 Å². The largest absolute Gasteiger partial charge is 0.348 e. The van der Waals surface area contributed by atoms with E-state index >= 15 is 0 Å². The minimum Gasteiger partial charge on any atom is -0.348 e. The van der Waals surface area contributed by atoms with Crippen molar-refractivity contribution < 1.29 is 4.79 Å². The third kappa shape index (κ3) is 4.25. The molecule has 130 valence electrons. The molecular formula is C20H24N4O. The van der Waals surface area contributed by atoms with Gasteiger partial charge in [-0.05, 0) is 42.4 Å². The van der Waals surface area contributed by atoms with Crippen LogP contribution >= 0.6 is 0 Å². The maximum absolute atomic E-state index is 12.3. The van der Waals surface area contributed by atoms with Gasteiger partial charge in [0, 0.05) is 18.7 Å². The van der Waals surface area contributed by atoms with Crippen molar-refractivity contribution in [1.82, 2.24) is 20.2 Å². The highest BCUT2D eigenvalue weighted by Gasteiger charge is 2.07. The van der Waals surface area contributed by atoms with Crippen molar-refractivity contribution in [3.05, 3.63) is 65.5 Å². The zero-order valence-corrected chi connectivity index (χ0v) is 14.7. The Morgan fingerprint density at radius 1 is 1.08 bits per heavy atom. The highest BCUT2D eigenvalue weighted by molar-refractivity contribution is 5.97. The molecule has 0 aliphatic carbocycles. The number of fused-ring (bicyclic) bond motifs is 1. The van der Waals surface area contributed by atoms with Crippen molar-refractivity contribution in [2.45, 2.75) is 26.9 Å². The molecule has 2 aromatic carbocycles. The molecule has 1 heterocycles. The van der Waals surface area contributed by atoms with Crippen LogP contribution in [0.25, 0.3) is 11.0 Å². The van der Waals surface area contributed by atoms with Gasteiger partial charge in [-0.1, -0.05) is 38.1 Å². The Labute approximate surface area is 148 Å². The molecule has 5 heteroatoms. The predicted molar refractivity (Wildman–Crippen MR) is 100 cm³/mol. The molecule has 5 nitrogen and oxygen atoms in total. The number of H-pyrrole nitrogens is 1. The Balaban J connectivity index is 1.58. The summed E-state index contributed by atoms with van der Waals surface area (Å²) in [6.07, 6.45) is 1.63. The van der Waals surface area contributed by atoms with Crippen LogP contribution in [0.15, 0.2) is 48.8 Å². The maximum atomic E-state index is 12.3. The fourth-order valence-corrected chi connectivity index (χ4v) is 2.83. The molecule has 1 aromatic heterocycles. The lowest BCUT2D eigenvalue weighted by molar-refractivity contribution is 0.0951. The first kappa shape index (κ1) is 17.2. The minimum absolute atomic E-state index is 0.0799. The van der Waals surface area contributed by atoms with Gasteiger partial charge in [0.2, 0.25) is 0 Å². The van der Waals surface area contributed by atoms with Crippen LogP contribution in [0.2, 0.25) is 0 Å². The van der Waals surface area contributed by atoms with E-state index in [1.807, 2.05) is 12.1 Å². The van der Waals surface area contributed by atoms with Gasteiger partial charge in [0.15, 0.2) is 0 Å². The molecule has 0 radical (unpaired) electrons. The Morgan fingerprint density at radius 3 is 2.52 bits per heavy atom. The average Bonchev–Trinajstić information content (AvgIpc) is 3.12. The average molecular weight is 336 g/mol. The molecule has 0 atom stereocenters. The van der Waals surface area contributed by atoms with E-state index in [1.165, 1.54) is 5.56 Å². The Bertz CT molecular complexity index is 834.